The zero-order valence-corrected chi connectivity index (χ0v) is 16.8. The molecule has 0 saturated carbocycles. The monoisotopic (exact) mass is 450 g/mol. The topological polar surface area (TPSA) is 114 Å². The van der Waals surface area contributed by atoms with Gasteiger partial charge in [-0.15, -0.1) is 0 Å². The molecule has 1 fully saturated rings. The van der Waals surface area contributed by atoms with Gasteiger partial charge in [0.2, 0.25) is 11.6 Å². The SMILES string of the molecule is CCOC(=O)N1CCN(c2ncnc(Nc3cccc(Br)c3)c2[N+](=O)[O-])CC1. The highest BCUT2D eigenvalue weighted by molar-refractivity contribution is 9.10. The van der Waals surface area contributed by atoms with E-state index in [2.05, 4.69) is 31.2 Å². The van der Waals surface area contributed by atoms with Crippen molar-refractivity contribution in [2.45, 2.75) is 6.92 Å². The Labute approximate surface area is 169 Å². The number of nitro groups is 1. The van der Waals surface area contributed by atoms with E-state index in [4.69, 9.17) is 4.74 Å². The Balaban J connectivity index is 1.82. The molecule has 0 unspecified atom stereocenters. The molecule has 0 spiro atoms. The van der Waals surface area contributed by atoms with Crippen molar-refractivity contribution < 1.29 is 14.5 Å². The van der Waals surface area contributed by atoms with Crippen molar-refractivity contribution in [1.29, 1.82) is 0 Å². The van der Waals surface area contributed by atoms with E-state index in [1.54, 1.807) is 28.9 Å². The van der Waals surface area contributed by atoms with Crippen LogP contribution in [0, 0.1) is 10.1 Å². The van der Waals surface area contributed by atoms with E-state index in [1.165, 1.54) is 6.33 Å². The fraction of sp³-hybridized carbons (Fsp3) is 0.353. The van der Waals surface area contributed by atoms with Gasteiger partial charge >= 0.3 is 11.8 Å². The average molecular weight is 451 g/mol. The Morgan fingerprint density at radius 1 is 1.32 bits per heavy atom. The lowest BCUT2D eigenvalue weighted by Crippen LogP contribution is -2.49. The van der Waals surface area contributed by atoms with Crippen LogP contribution in [0.5, 0.6) is 0 Å². The molecule has 1 aromatic heterocycles. The summed E-state index contributed by atoms with van der Waals surface area (Å²) in [6.45, 7) is 3.67. The summed E-state index contributed by atoms with van der Waals surface area (Å²) in [5, 5.41) is 14.7. The van der Waals surface area contributed by atoms with Crippen molar-refractivity contribution in [1.82, 2.24) is 14.9 Å². The first-order chi connectivity index (χ1) is 13.5. The van der Waals surface area contributed by atoms with Crippen molar-refractivity contribution in [2.75, 3.05) is 43.0 Å². The molecule has 1 aromatic carbocycles. The molecule has 1 aliphatic rings. The molecule has 10 nitrogen and oxygen atoms in total. The second-order valence-electron chi connectivity index (χ2n) is 5.96. The number of benzene rings is 1. The largest absolute Gasteiger partial charge is 0.450 e. The summed E-state index contributed by atoms with van der Waals surface area (Å²) in [4.78, 5) is 34.7. The van der Waals surface area contributed by atoms with Crippen LogP contribution >= 0.6 is 15.9 Å². The van der Waals surface area contributed by atoms with Crippen LogP contribution in [0.3, 0.4) is 0 Å². The zero-order chi connectivity index (χ0) is 20.1. The molecule has 0 aliphatic carbocycles. The number of amides is 1. The summed E-state index contributed by atoms with van der Waals surface area (Å²) in [6.07, 6.45) is 0.914. The number of hydrogen-bond acceptors (Lipinski definition) is 8. The molecule has 1 aliphatic heterocycles. The van der Waals surface area contributed by atoms with Gasteiger partial charge in [0.1, 0.15) is 6.33 Å². The number of piperazine rings is 1. The van der Waals surface area contributed by atoms with Crippen molar-refractivity contribution in [3.63, 3.8) is 0 Å². The summed E-state index contributed by atoms with van der Waals surface area (Å²) in [5.74, 6) is 0.335. The van der Waals surface area contributed by atoms with Crippen LogP contribution in [0.15, 0.2) is 35.1 Å². The van der Waals surface area contributed by atoms with Gasteiger partial charge < -0.3 is 19.9 Å². The second kappa shape index (κ2) is 8.83. The van der Waals surface area contributed by atoms with Crippen LogP contribution in [0.4, 0.5) is 27.8 Å². The zero-order valence-electron chi connectivity index (χ0n) is 15.2. The predicted molar refractivity (Wildman–Crippen MR) is 107 cm³/mol. The lowest BCUT2D eigenvalue weighted by molar-refractivity contribution is -0.383. The number of anilines is 3. The van der Waals surface area contributed by atoms with E-state index in [-0.39, 0.29) is 23.4 Å². The fourth-order valence-electron chi connectivity index (χ4n) is 2.88. The van der Waals surface area contributed by atoms with Crippen LogP contribution in [0.1, 0.15) is 6.92 Å². The van der Waals surface area contributed by atoms with Crippen LogP contribution in [0.25, 0.3) is 0 Å². The minimum Gasteiger partial charge on any atom is -0.450 e. The molecular weight excluding hydrogens is 432 g/mol. The Kier molecular flexibility index (Phi) is 6.24. The van der Waals surface area contributed by atoms with Gasteiger partial charge in [0, 0.05) is 36.3 Å². The molecule has 3 rings (SSSR count). The lowest BCUT2D eigenvalue weighted by Gasteiger charge is -2.34. The molecule has 2 aromatic rings. The number of carbonyl (C=O) groups is 1. The van der Waals surface area contributed by atoms with Gasteiger partial charge in [-0.25, -0.2) is 14.8 Å². The molecule has 1 saturated heterocycles. The number of ether oxygens (including phenoxy) is 1. The Hall–Kier alpha value is -2.95. The maximum absolute atomic E-state index is 11.8. The van der Waals surface area contributed by atoms with Gasteiger partial charge in [-0.2, -0.15) is 0 Å². The van der Waals surface area contributed by atoms with Gasteiger partial charge in [-0.05, 0) is 25.1 Å². The maximum Gasteiger partial charge on any atom is 0.409 e. The summed E-state index contributed by atoms with van der Waals surface area (Å²) >= 11 is 3.37. The Morgan fingerprint density at radius 3 is 2.71 bits per heavy atom. The predicted octanol–water partition coefficient (Wildman–Crippen LogP) is 3.17. The second-order valence-corrected chi connectivity index (χ2v) is 6.88. The Morgan fingerprint density at radius 2 is 2.07 bits per heavy atom. The fourth-order valence-corrected chi connectivity index (χ4v) is 3.28. The number of nitrogens with zero attached hydrogens (tertiary/aromatic N) is 5. The van der Waals surface area contributed by atoms with E-state index in [0.717, 1.165) is 4.47 Å². The van der Waals surface area contributed by atoms with Gasteiger partial charge in [-0.3, -0.25) is 10.1 Å². The molecule has 0 atom stereocenters. The standard InChI is InChI=1S/C17H19BrN6O4/c1-2-28-17(25)23-8-6-22(7-9-23)16-14(24(26)27)15(19-11-20-16)21-13-5-3-4-12(18)10-13/h3-5,10-11H,2,6-9H2,1H3,(H,19,20,21). The molecular formula is C17H19BrN6O4. The summed E-state index contributed by atoms with van der Waals surface area (Å²) < 4.78 is 5.84. The van der Waals surface area contributed by atoms with Crippen LogP contribution in [-0.2, 0) is 4.74 Å². The summed E-state index contributed by atoms with van der Waals surface area (Å²) in [6, 6.07) is 7.25. The summed E-state index contributed by atoms with van der Waals surface area (Å²) in [5.41, 5.74) is 0.460. The third kappa shape index (κ3) is 4.47. The molecule has 28 heavy (non-hydrogen) atoms. The van der Waals surface area contributed by atoms with Gasteiger partial charge in [0.25, 0.3) is 0 Å². The normalized spacial score (nSPS) is 13.9. The third-order valence-electron chi connectivity index (χ3n) is 4.18. The van der Waals surface area contributed by atoms with Gasteiger partial charge in [0.15, 0.2) is 0 Å². The van der Waals surface area contributed by atoms with Crippen molar-refractivity contribution in [3.8, 4) is 0 Å². The van der Waals surface area contributed by atoms with Crippen LogP contribution in [0.2, 0.25) is 0 Å². The minimum atomic E-state index is -0.493. The smallest absolute Gasteiger partial charge is 0.409 e. The molecule has 2 heterocycles. The van der Waals surface area contributed by atoms with Crippen molar-refractivity contribution in [3.05, 3.63) is 45.2 Å². The quantitative estimate of drug-likeness (QED) is 0.545. The highest BCUT2D eigenvalue weighted by Gasteiger charge is 2.30. The van der Waals surface area contributed by atoms with E-state index in [0.29, 0.717) is 38.5 Å². The number of carbonyl (C=O) groups excluding carboxylic acids is 1. The van der Waals surface area contributed by atoms with E-state index in [9.17, 15) is 14.9 Å². The highest BCUT2D eigenvalue weighted by atomic mass is 79.9. The van der Waals surface area contributed by atoms with Crippen LogP contribution < -0.4 is 10.2 Å². The minimum absolute atomic E-state index is 0.112. The van der Waals surface area contributed by atoms with Crippen molar-refractivity contribution in [2.24, 2.45) is 0 Å². The molecule has 11 heteroatoms. The number of rotatable bonds is 5. The summed E-state index contributed by atoms with van der Waals surface area (Å²) in [7, 11) is 0. The van der Waals surface area contributed by atoms with Gasteiger partial charge in [0.05, 0.1) is 11.5 Å². The molecule has 1 N–H and O–H groups in total. The van der Waals surface area contributed by atoms with Crippen molar-refractivity contribution >= 4 is 45.0 Å². The molecule has 1 amide bonds. The third-order valence-corrected chi connectivity index (χ3v) is 4.67. The first-order valence-corrected chi connectivity index (χ1v) is 9.47. The highest BCUT2D eigenvalue weighted by Crippen LogP contribution is 2.34. The number of hydrogen-bond donors (Lipinski definition) is 1. The average Bonchev–Trinajstić information content (AvgIpc) is 2.68. The first kappa shape index (κ1) is 19.8. The number of halogens is 1. The Bertz CT molecular complexity index is 872. The maximum atomic E-state index is 11.8. The van der Waals surface area contributed by atoms with E-state index >= 15 is 0 Å². The number of aromatic nitrogens is 2. The molecule has 148 valence electrons. The molecule has 0 radical (unpaired) electrons. The van der Waals surface area contributed by atoms with E-state index < -0.39 is 4.92 Å². The van der Waals surface area contributed by atoms with Crippen LogP contribution in [-0.4, -0.2) is 58.7 Å². The molecule has 0 bridgehead atoms. The van der Waals surface area contributed by atoms with Gasteiger partial charge in [-0.1, -0.05) is 22.0 Å². The number of nitrogens with one attached hydrogen (secondary N) is 1. The lowest BCUT2D eigenvalue weighted by atomic mass is 10.3. The van der Waals surface area contributed by atoms with E-state index in [1.807, 2.05) is 12.1 Å². The first-order valence-electron chi connectivity index (χ1n) is 8.68.